The van der Waals surface area contributed by atoms with Crippen LogP contribution in [0.3, 0.4) is 0 Å². The lowest BCUT2D eigenvalue weighted by Crippen LogP contribution is -2.02. The van der Waals surface area contributed by atoms with Gasteiger partial charge in [-0.15, -0.1) is 0 Å². The number of imidazole rings is 1. The molecular formula is C21H21N3O4. The molecule has 0 bridgehead atoms. The fraction of sp³-hybridized carbons (Fsp3) is 0.286. The number of rotatable bonds is 7. The van der Waals surface area contributed by atoms with E-state index >= 15 is 0 Å². The van der Waals surface area contributed by atoms with E-state index in [0.29, 0.717) is 46.8 Å². The second kappa shape index (κ2) is 7.34. The van der Waals surface area contributed by atoms with Crippen molar-refractivity contribution in [3.63, 3.8) is 0 Å². The highest BCUT2D eigenvalue weighted by molar-refractivity contribution is 6.07. The van der Waals surface area contributed by atoms with Crippen molar-refractivity contribution in [2.24, 2.45) is 0 Å². The van der Waals surface area contributed by atoms with Gasteiger partial charge in [0.15, 0.2) is 17.4 Å². The summed E-state index contributed by atoms with van der Waals surface area (Å²) in [6.45, 7) is 3.81. The summed E-state index contributed by atoms with van der Waals surface area (Å²) in [5, 5.41) is 3.96. The zero-order chi connectivity index (χ0) is 19.7. The smallest absolute Gasteiger partial charge is 0.174 e. The molecule has 1 aromatic carbocycles. The van der Waals surface area contributed by atoms with Gasteiger partial charge in [0.25, 0.3) is 0 Å². The lowest BCUT2D eigenvalue weighted by atomic mass is 10.0. The van der Waals surface area contributed by atoms with E-state index in [1.54, 1.807) is 31.6 Å². The Bertz CT molecular complexity index is 1100. The number of ether oxygens (including phenoxy) is 1. The number of carbonyl (C=O) groups is 1. The topological polar surface area (TPSA) is 94.2 Å². The molecule has 28 heavy (non-hydrogen) atoms. The number of nitrogens with zero attached hydrogens (tertiary/aromatic N) is 2. The molecule has 4 rings (SSSR count). The van der Waals surface area contributed by atoms with Crippen molar-refractivity contribution in [2.75, 3.05) is 7.11 Å². The normalized spacial score (nSPS) is 11.2. The average Bonchev–Trinajstić information content (AvgIpc) is 3.42. The summed E-state index contributed by atoms with van der Waals surface area (Å²) in [4.78, 5) is 20.7. The van der Waals surface area contributed by atoms with Gasteiger partial charge in [0.1, 0.15) is 22.5 Å². The first-order chi connectivity index (χ1) is 13.6. The minimum Gasteiger partial charge on any atom is -0.494 e. The summed E-state index contributed by atoms with van der Waals surface area (Å²) < 4.78 is 16.0. The largest absolute Gasteiger partial charge is 0.494 e. The standard InChI is InChI=1S/C21H21N3O4/c1-12-14(13(2)28-24-12)6-4-7-16(25)15-9-10-17(26-3)20-19(15)22-21(23-20)18-8-5-11-27-18/h5,8-11H,4,6-7H2,1-3H3,(H,22,23). The Labute approximate surface area is 161 Å². The molecule has 0 fully saturated rings. The minimum absolute atomic E-state index is 0.0388. The van der Waals surface area contributed by atoms with E-state index < -0.39 is 0 Å². The number of benzene rings is 1. The van der Waals surface area contributed by atoms with Gasteiger partial charge in [-0.3, -0.25) is 4.79 Å². The number of aromatic nitrogens is 3. The van der Waals surface area contributed by atoms with Crippen LogP contribution in [0.4, 0.5) is 0 Å². The molecular weight excluding hydrogens is 358 g/mol. The van der Waals surface area contributed by atoms with Crippen molar-refractivity contribution in [3.8, 4) is 17.3 Å². The number of methoxy groups -OCH3 is 1. The molecule has 3 heterocycles. The Morgan fingerprint density at radius 1 is 1.25 bits per heavy atom. The third kappa shape index (κ3) is 3.19. The quantitative estimate of drug-likeness (QED) is 0.470. The lowest BCUT2D eigenvalue weighted by molar-refractivity contribution is 0.0981. The van der Waals surface area contributed by atoms with E-state index in [1.807, 2.05) is 19.9 Å². The highest BCUT2D eigenvalue weighted by atomic mass is 16.5. The number of hydrogen-bond acceptors (Lipinski definition) is 6. The zero-order valence-corrected chi connectivity index (χ0v) is 16.0. The SMILES string of the molecule is COc1ccc(C(=O)CCCc2c(C)noc2C)c2nc(-c3ccco3)[nH]c12. The molecule has 144 valence electrons. The molecule has 0 unspecified atom stereocenters. The summed E-state index contributed by atoms with van der Waals surface area (Å²) in [5.41, 5.74) is 3.81. The van der Waals surface area contributed by atoms with Crippen LogP contribution in [0.15, 0.2) is 39.5 Å². The van der Waals surface area contributed by atoms with Crippen LogP contribution in [0.25, 0.3) is 22.6 Å². The first-order valence-corrected chi connectivity index (χ1v) is 9.14. The molecule has 0 aliphatic rings. The van der Waals surface area contributed by atoms with Gasteiger partial charge in [-0.2, -0.15) is 0 Å². The molecule has 7 nitrogen and oxygen atoms in total. The second-order valence-electron chi connectivity index (χ2n) is 6.68. The Kier molecular flexibility index (Phi) is 4.73. The van der Waals surface area contributed by atoms with Crippen LogP contribution < -0.4 is 4.74 Å². The third-order valence-corrected chi connectivity index (χ3v) is 4.89. The number of fused-ring (bicyclic) bond motifs is 1. The first kappa shape index (κ1) is 18.0. The highest BCUT2D eigenvalue weighted by Crippen LogP contribution is 2.31. The van der Waals surface area contributed by atoms with Gasteiger partial charge >= 0.3 is 0 Å². The predicted octanol–water partition coefficient (Wildman–Crippen LogP) is 4.64. The predicted molar refractivity (Wildman–Crippen MR) is 104 cm³/mol. The van der Waals surface area contributed by atoms with E-state index in [4.69, 9.17) is 13.7 Å². The van der Waals surface area contributed by atoms with Crippen molar-refractivity contribution >= 4 is 16.8 Å². The minimum atomic E-state index is 0.0388. The van der Waals surface area contributed by atoms with Gasteiger partial charge in [0.2, 0.25) is 0 Å². The molecule has 0 saturated heterocycles. The summed E-state index contributed by atoms with van der Waals surface area (Å²) in [6.07, 6.45) is 3.46. The van der Waals surface area contributed by atoms with Gasteiger partial charge < -0.3 is 18.7 Å². The maximum atomic E-state index is 12.9. The fourth-order valence-electron chi connectivity index (χ4n) is 3.41. The molecule has 4 aromatic rings. The lowest BCUT2D eigenvalue weighted by Gasteiger charge is -2.06. The molecule has 0 aliphatic heterocycles. The number of ketones is 1. The van der Waals surface area contributed by atoms with Gasteiger partial charge in [0.05, 0.1) is 19.1 Å². The average molecular weight is 379 g/mol. The Balaban J connectivity index is 1.59. The number of hydrogen-bond donors (Lipinski definition) is 1. The van der Waals surface area contributed by atoms with E-state index in [9.17, 15) is 4.79 Å². The van der Waals surface area contributed by atoms with Gasteiger partial charge in [0, 0.05) is 17.5 Å². The van der Waals surface area contributed by atoms with E-state index in [-0.39, 0.29) is 5.78 Å². The first-order valence-electron chi connectivity index (χ1n) is 9.14. The van der Waals surface area contributed by atoms with E-state index in [1.165, 1.54) is 0 Å². The molecule has 0 spiro atoms. The van der Waals surface area contributed by atoms with Crippen molar-refractivity contribution in [3.05, 3.63) is 53.1 Å². The molecule has 7 heteroatoms. The van der Waals surface area contributed by atoms with Crippen LogP contribution in [0.1, 0.15) is 40.2 Å². The summed E-state index contributed by atoms with van der Waals surface area (Å²) in [7, 11) is 1.59. The molecule has 0 aliphatic carbocycles. The summed E-state index contributed by atoms with van der Waals surface area (Å²) in [6, 6.07) is 7.16. The van der Waals surface area contributed by atoms with Gasteiger partial charge in [-0.1, -0.05) is 5.16 Å². The number of aryl methyl sites for hydroxylation is 2. The van der Waals surface area contributed by atoms with E-state index in [2.05, 4.69) is 15.1 Å². The molecule has 0 amide bonds. The molecule has 0 saturated carbocycles. The van der Waals surface area contributed by atoms with Gasteiger partial charge in [-0.05, 0) is 51.0 Å². The zero-order valence-electron chi connectivity index (χ0n) is 16.0. The Morgan fingerprint density at radius 3 is 2.79 bits per heavy atom. The monoisotopic (exact) mass is 379 g/mol. The number of aromatic amines is 1. The van der Waals surface area contributed by atoms with Crippen LogP contribution in [0, 0.1) is 13.8 Å². The van der Waals surface area contributed by atoms with Crippen molar-refractivity contribution in [1.82, 2.24) is 15.1 Å². The third-order valence-electron chi connectivity index (χ3n) is 4.89. The van der Waals surface area contributed by atoms with Crippen molar-refractivity contribution in [1.29, 1.82) is 0 Å². The Hall–Kier alpha value is -3.35. The number of nitrogens with one attached hydrogen (secondary N) is 1. The summed E-state index contributed by atoms with van der Waals surface area (Å²) >= 11 is 0. The number of carbonyl (C=O) groups excluding carboxylic acids is 1. The molecule has 3 aromatic heterocycles. The van der Waals surface area contributed by atoms with Crippen LogP contribution in [0.2, 0.25) is 0 Å². The number of furan rings is 1. The maximum Gasteiger partial charge on any atom is 0.174 e. The molecule has 1 N–H and O–H groups in total. The molecule has 0 radical (unpaired) electrons. The van der Waals surface area contributed by atoms with E-state index in [0.717, 1.165) is 23.4 Å². The fourth-order valence-corrected chi connectivity index (χ4v) is 3.41. The van der Waals surface area contributed by atoms with Crippen molar-refractivity contribution < 1.29 is 18.5 Å². The van der Waals surface area contributed by atoms with Gasteiger partial charge in [-0.25, -0.2) is 4.98 Å². The van der Waals surface area contributed by atoms with Crippen LogP contribution in [-0.4, -0.2) is 28.0 Å². The van der Waals surface area contributed by atoms with Crippen LogP contribution in [-0.2, 0) is 6.42 Å². The van der Waals surface area contributed by atoms with Crippen LogP contribution >= 0.6 is 0 Å². The summed E-state index contributed by atoms with van der Waals surface area (Å²) in [5.74, 6) is 2.65. The molecule has 0 atom stereocenters. The van der Waals surface area contributed by atoms with Crippen molar-refractivity contribution in [2.45, 2.75) is 33.1 Å². The van der Waals surface area contributed by atoms with Crippen LogP contribution in [0.5, 0.6) is 5.75 Å². The number of H-pyrrole nitrogens is 1. The second-order valence-corrected chi connectivity index (χ2v) is 6.68. The highest BCUT2D eigenvalue weighted by Gasteiger charge is 2.19. The maximum absolute atomic E-state index is 12.9. The Morgan fingerprint density at radius 2 is 2.11 bits per heavy atom. The number of Topliss-reactive ketones (excluding diaryl/α,β-unsaturated/α-hetero) is 1.